The molecule has 5 nitrogen and oxygen atoms in total. The van der Waals surface area contributed by atoms with Crippen LogP contribution in [0, 0.1) is 33.6 Å². The number of carbonyl (C=O) groups excluding carboxylic acids is 2. The summed E-state index contributed by atoms with van der Waals surface area (Å²) in [4.78, 5) is 29.0. The van der Waals surface area contributed by atoms with Crippen molar-refractivity contribution < 1.29 is 14.3 Å². The van der Waals surface area contributed by atoms with Crippen LogP contribution in [0.1, 0.15) is 47.2 Å². The Morgan fingerprint density at radius 3 is 2.19 bits per heavy atom. The van der Waals surface area contributed by atoms with Gasteiger partial charge in [0.05, 0.1) is 0 Å². The van der Waals surface area contributed by atoms with Crippen LogP contribution in [0.4, 0.5) is 0 Å². The molecule has 1 unspecified atom stereocenters. The number of hydrogen-bond donors (Lipinski definition) is 1. The summed E-state index contributed by atoms with van der Waals surface area (Å²) in [5, 5.41) is 3.06. The minimum absolute atomic E-state index is 0.141. The molecule has 5 heteroatoms. The monoisotopic (exact) mass is 500 g/mol. The van der Waals surface area contributed by atoms with Crippen molar-refractivity contribution in [1.82, 2.24) is 10.2 Å². The number of aryl methyl sites for hydroxylation is 3. The SMILES string of the molecule is Cc1ccc(CN(C(=O)COc2cc(C)cc(C)c2C)C(Cc2ccccc2)C(=O)NCC(C)C)cc1. The van der Waals surface area contributed by atoms with E-state index in [0.29, 0.717) is 31.2 Å². The Kier molecular flexibility index (Phi) is 9.90. The fourth-order valence-corrected chi connectivity index (χ4v) is 4.24. The average molecular weight is 501 g/mol. The third-order valence-electron chi connectivity index (χ3n) is 6.54. The van der Waals surface area contributed by atoms with E-state index in [9.17, 15) is 9.59 Å². The molecule has 0 aliphatic carbocycles. The molecule has 196 valence electrons. The third-order valence-corrected chi connectivity index (χ3v) is 6.54. The highest BCUT2D eigenvalue weighted by Gasteiger charge is 2.31. The summed E-state index contributed by atoms with van der Waals surface area (Å²) in [5.74, 6) is 0.629. The standard InChI is InChI=1S/C32H40N2O3/c1-22(2)19-33-32(36)29(18-27-10-8-7-9-11-27)34(20-28-14-12-23(3)13-15-28)31(35)21-37-30-17-24(4)16-25(5)26(30)6/h7-17,22,29H,18-21H2,1-6H3,(H,33,36). The molecule has 0 radical (unpaired) electrons. The predicted octanol–water partition coefficient (Wildman–Crippen LogP) is 5.71. The maximum Gasteiger partial charge on any atom is 0.261 e. The van der Waals surface area contributed by atoms with Crippen LogP contribution in [0.25, 0.3) is 0 Å². The van der Waals surface area contributed by atoms with Gasteiger partial charge in [-0.15, -0.1) is 0 Å². The Bertz CT molecular complexity index is 1190. The number of amides is 2. The Morgan fingerprint density at radius 1 is 0.865 bits per heavy atom. The lowest BCUT2D eigenvalue weighted by Gasteiger charge is -2.32. The van der Waals surface area contributed by atoms with E-state index in [0.717, 1.165) is 33.4 Å². The third kappa shape index (κ3) is 8.21. The Labute approximate surface area is 221 Å². The molecule has 0 heterocycles. The quantitative estimate of drug-likeness (QED) is 0.367. The number of benzene rings is 3. The molecule has 0 aromatic heterocycles. The van der Waals surface area contributed by atoms with Gasteiger partial charge in [0.1, 0.15) is 11.8 Å². The van der Waals surface area contributed by atoms with Crippen molar-refractivity contribution in [1.29, 1.82) is 0 Å². The van der Waals surface area contributed by atoms with Crippen molar-refractivity contribution in [2.45, 2.75) is 60.5 Å². The van der Waals surface area contributed by atoms with Crippen LogP contribution in [0.15, 0.2) is 66.7 Å². The molecule has 0 saturated carbocycles. The summed E-state index contributed by atoms with van der Waals surface area (Å²) in [6.07, 6.45) is 0.422. The molecule has 3 aromatic carbocycles. The second kappa shape index (κ2) is 13.1. The van der Waals surface area contributed by atoms with E-state index in [2.05, 4.69) is 25.2 Å². The molecule has 1 atom stereocenters. The Balaban J connectivity index is 1.92. The molecule has 0 bridgehead atoms. The van der Waals surface area contributed by atoms with E-state index < -0.39 is 6.04 Å². The van der Waals surface area contributed by atoms with Gasteiger partial charge in [0.25, 0.3) is 5.91 Å². The van der Waals surface area contributed by atoms with Gasteiger partial charge in [0.15, 0.2) is 6.61 Å². The molecule has 0 saturated heterocycles. The second-order valence-corrected chi connectivity index (χ2v) is 10.3. The van der Waals surface area contributed by atoms with E-state index in [4.69, 9.17) is 4.74 Å². The van der Waals surface area contributed by atoms with Crippen LogP contribution < -0.4 is 10.1 Å². The molecule has 0 spiro atoms. The van der Waals surface area contributed by atoms with E-state index in [1.165, 1.54) is 0 Å². The summed E-state index contributed by atoms with van der Waals surface area (Å²) < 4.78 is 6.05. The van der Waals surface area contributed by atoms with Gasteiger partial charge in [-0.1, -0.05) is 80.1 Å². The number of ether oxygens (including phenoxy) is 1. The van der Waals surface area contributed by atoms with Crippen LogP contribution in [0.3, 0.4) is 0 Å². The van der Waals surface area contributed by atoms with E-state index in [-0.39, 0.29) is 18.4 Å². The summed E-state index contributed by atoms with van der Waals surface area (Å²) in [7, 11) is 0. The van der Waals surface area contributed by atoms with Crippen LogP contribution in [-0.4, -0.2) is 35.9 Å². The molecular weight excluding hydrogens is 460 g/mol. The number of carbonyl (C=O) groups is 2. The Morgan fingerprint density at radius 2 is 1.54 bits per heavy atom. The van der Waals surface area contributed by atoms with Gasteiger partial charge in [0, 0.05) is 19.5 Å². The predicted molar refractivity (Wildman–Crippen MR) is 150 cm³/mol. The van der Waals surface area contributed by atoms with Crippen LogP contribution in [0.5, 0.6) is 5.75 Å². The number of rotatable bonds is 11. The van der Waals surface area contributed by atoms with Gasteiger partial charge in [-0.05, 0) is 67.5 Å². The average Bonchev–Trinajstić information content (AvgIpc) is 2.87. The lowest BCUT2D eigenvalue weighted by Crippen LogP contribution is -2.52. The second-order valence-electron chi connectivity index (χ2n) is 10.3. The molecule has 0 aliphatic rings. The van der Waals surface area contributed by atoms with Gasteiger partial charge >= 0.3 is 0 Å². The topological polar surface area (TPSA) is 58.6 Å². The zero-order valence-corrected chi connectivity index (χ0v) is 23.0. The van der Waals surface area contributed by atoms with Crippen molar-refractivity contribution in [3.63, 3.8) is 0 Å². The van der Waals surface area contributed by atoms with Crippen LogP contribution in [0.2, 0.25) is 0 Å². The zero-order valence-electron chi connectivity index (χ0n) is 23.0. The highest BCUT2D eigenvalue weighted by Crippen LogP contribution is 2.24. The van der Waals surface area contributed by atoms with Crippen molar-refractivity contribution >= 4 is 11.8 Å². The maximum atomic E-state index is 13.8. The summed E-state index contributed by atoms with van der Waals surface area (Å²) >= 11 is 0. The lowest BCUT2D eigenvalue weighted by atomic mass is 10.0. The largest absolute Gasteiger partial charge is 0.483 e. The minimum atomic E-state index is -0.668. The molecular formula is C32H40N2O3. The van der Waals surface area contributed by atoms with Crippen molar-refractivity contribution in [3.8, 4) is 5.75 Å². The van der Waals surface area contributed by atoms with Crippen LogP contribution in [-0.2, 0) is 22.6 Å². The van der Waals surface area contributed by atoms with Crippen LogP contribution >= 0.6 is 0 Å². The molecule has 37 heavy (non-hydrogen) atoms. The number of nitrogens with zero attached hydrogens (tertiary/aromatic N) is 1. The van der Waals surface area contributed by atoms with Gasteiger partial charge in [-0.2, -0.15) is 0 Å². The molecule has 1 N–H and O–H groups in total. The first kappa shape index (κ1) is 28.0. The first-order chi connectivity index (χ1) is 17.6. The van der Waals surface area contributed by atoms with Crippen molar-refractivity contribution in [2.24, 2.45) is 5.92 Å². The van der Waals surface area contributed by atoms with Gasteiger partial charge < -0.3 is 15.0 Å². The number of hydrogen-bond acceptors (Lipinski definition) is 3. The van der Waals surface area contributed by atoms with E-state index in [1.54, 1.807) is 4.90 Å². The normalized spacial score (nSPS) is 11.8. The first-order valence-electron chi connectivity index (χ1n) is 13.0. The lowest BCUT2D eigenvalue weighted by molar-refractivity contribution is -0.142. The molecule has 3 rings (SSSR count). The Hall–Kier alpha value is -3.60. The summed E-state index contributed by atoms with van der Waals surface area (Å²) in [6.45, 7) is 12.9. The minimum Gasteiger partial charge on any atom is -0.483 e. The van der Waals surface area contributed by atoms with Gasteiger partial charge in [-0.25, -0.2) is 0 Å². The zero-order chi connectivity index (χ0) is 26.9. The molecule has 2 amide bonds. The number of nitrogens with one attached hydrogen (secondary N) is 1. The smallest absolute Gasteiger partial charge is 0.261 e. The van der Waals surface area contributed by atoms with Gasteiger partial charge in [0.2, 0.25) is 5.91 Å². The molecule has 3 aromatic rings. The molecule has 0 aliphatic heterocycles. The van der Waals surface area contributed by atoms with E-state index >= 15 is 0 Å². The highest BCUT2D eigenvalue weighted by molar-refractivity contribution is 5.88. The highest BCUT2D eigenvalue weighted by atomic mass is 16.5. The summed E-state index contributed by atoms with van der Waals surface area (Å²) in [5.41, 5.74) is 6.33. The summed E-state index contributed by atoms with van der Waals surface area (Å²) in [6, 6.07) is 21.3. The van der Waals surface area contributed by atoms with Gasteiger partial charge in [-0.3, -0.25) is 9.59 Å². The van der Waals surface area contributed by atoms with Crippen molar-refractivity contribution in [3.05, 3.63) is 100 Å². The van der Waals surface area contributed by atoms with E-state index in [1.807, 2.05) is 88.4 Å². The van der Waals surface area contributed by atoms with Crippen molar-refractivity contribution in [2.75, 3.05) is 13.2 Å². The molecule has 0 fully saturated rings. The fraction of sp³-hybridized carbons (Fsp3) is 0.375. The maximum absolute atomic E-state index is 13.8. The first-order valence-corrected chi connectivity index (χ1v) is 13.0. The fourth-order valence-electron chi connectivity index (χ4n) is 4.24.